The van der Waals surface area contributed by atoms with Crippen molar-refractivity contribution in [2.45, 2.75) is 33.2 Å². The van der Waals surface area contributed by atoms with Crippen LogP contribution in [0, 0.1) is 12.8 Å². The lowest BCUT2D eigenvalue weighted by molar-refractivity contribution is -0.123. The van der Waals surface area contributed by atoms with Gasteiger partial charge in [-0.1, -0.05) is 0 Å². The van der Waals surface area contributed by atoms with E-state index in [0.29, 0.717) is 12.2 Å². The van der Waals surface area contributed by atoms with Crippen LogP contribution < -0.4 is 5.32 Å². The number of carbonyl (C=O) groups is 1. The highest BCUT2D eigenvalue weighted by molar-refractivity contribution is 9.10. The van der Waals surface area contributed by atoms with Gasteiger partial charge in [0.25, 0.3) is 0 Å². The number of nitrogens with zero attached hydrogens (tertiary/aromatic N) is 2. The van der Waals surface area contributed by atoms with Gasteiger partial charge in [0, 0.05) is 38.4 Å². The number of aryl methyl sites for hydroxylation is 2. The molecular weight excluding hydrogens is 282 g/mol. The predicted molar refractivity (Wildman–Crippen MR) is 70.0 cm³/mol. The number of aromatic nitrogens is 2. The summed E-state index contributed by atoms with van der Waals surface area (Å²) in [5, 5.41) is 7.74. The van der Waals surface area contributed by atoms with Crippen molar-refractivity contribution < 1.29 is 4.79 Å². The average molecular weight is 300 g/mol. The van der Waals surface area contributed by atoms with E-state index in [0.717, 1.165) is 41.9 Å². The van der Waals surface area contributed by atoms with Crippen molar-refractivity contribution in [1.82, 2.24) is 15.1 Å². The van der Waals surface area contributed by atoms with Crippen molar-refractivity contribution in [2.24, 2.45) is 5.92 Å². The summed E-state index contributed by atoms with van der Waals surface area (Å²) in [5.74, 6) is 0.471. The van der Waals surface area contributed by atoms with Gasteiger partial charge >= 0.3 is 0 Å². The Balaban J connectivity index is 2.19. The summed E-state index contributed by atoms with van der Waals surface area (Å²) in [6.07, 6.45) is 1.43. The number of rotatable bonds is 3. The Kier molecular flexibility index (Phi) is 3.99. The van der Waals surface area contributed by atoms with Gasteiger partial charge in [0.05, 0.1) is 15.9 Å². The Labute approximate surface area is 110 Å². The molecule has 0 radical (unpaired) electrons. The number of hydrogen-bond acceptors (Lipinski definition) is 3. The first-order valence-corrected chi connectivity index (χ1v) is 6.88. The second-order valence-corrected chi connectivity index (χ2v) is 5.28. The third kappa shape index (κ3) is 2.60. The first kappa shape index (κ1) is 12.8. The first-order valence-electron chi connectivity index (χ1n) is 6.08. The molecule has 1 aliphatic rings. The number of hydrogen-bond donors (Lipinski definition) is 1. The zero-order valence-electron chi connectivity index (χ0n) is 10.3. The minimum atomic E-state index is 0.0986. The zero-order chi connectivity index (χ0) is 12.4. The third-order valence-corrected chi connectivity index (χ3v) is 4.32. The molecule has 1 fully saturated rings. The zero-order valence-corrected chi connectivity index (χ0v) is 11.9. The van der Waals surface area contributed by atoms with Gasteiger partial charge in [-0.2, -0.15) is 5.10 Å². The van der Waals surface area contributed by atoms with E-state index in [1.54, 1.807) is 0 Å². The van der Waals surface area contributed by atoms with E-state index in [1.165, 1.54) is 0 Å². The number of ketones is 1. The number of piperidine rings is 1. The summed E-state index contributed by atoms with van der Waals surface area (Å²) >= 11 is 3.57. The number of halogens is 1. The van der Waals surface area contributed by atoms with Gasteiger partial charge in [0.15, 0.2) is 0 Å². The highest BCUT2D eigenvalue weighted by atomic mass is 79.9. The van der Waals surface area contributed by atoms with E-state index >= 15 is 0 Å². The van der Waals surface area contributed by atoms with Crippen LogP contribution in [-0.4, -0.2) is 28.7 Å². The topological polar surface area (TPSA) is 46.9 Å². The summed E-state index contributed by atoms with van der Waals surface area (Å²) < 4.78 is 3.04. The van der Waals surface area contributed by atoms with Crippen LogP contribution >= 0.6 is 15.9 Å². The lowest BCUT2D eigenvalue weighted by Crippen LogP contribution is -2.38. The maximum atomic E-state index is 11.8. The second kappa shape index (κ2) is 5.31. The predicted octanol–water partition coefficient (Wildman–Crippen LogP) is 1.70. The van der Waals surface area contributed by atoms with Gasteiger partial charge in [0.1, 0.15) is 5.78 Å². The Hall–Kier alpha value is -0.680. The van der Waals surface area contributed by atoms with E-state index in [1.807, 2.05) is 11.6 Å². The van der Waals surface area contributed by atoms with Crippen LogP contribution in [0.25, 0.3) is 0 Å². The number of nitrogens with one attached hydrogen (secondary N) is 1. The largest absolute Gasteiger partial charge is 0.316 e. The molecule has 1 aliphatic heterocycles. The molecule has 4 nitrogen and oxygen atoms in total. The molecule has 0 aromatic carbocycles. The fourth-order valence-corrected chi connectivity index (χ4v) is 2.74. The Bertz CT molecular complexity index is 428. The second-order valence-electron chi connectivity index (χ2n) is 4.48. The van der Waals surface area contributed by atoms with Gasteiger partial charge in [-0.3, -0.25) is 9.48 Å². The van der Waals surface area contributed by atoms with E-state index in [2.05, 4.69) is 33.3 Å². The van der Waals surface area contributed by atoms with Crippen LogP contribution in [0.15, 0.2) is 4.47 Å². The van der Waals surface area contributed by atoms with E-state index in [9.17, 15) is 4.79 Å². The molecule has 0 aliphatic carbocycles. The summed E-state index contributed by atoms with van der Waals surface area (Å²) in [6, 6.07) is 0. The number of Topliss-reactive ketones (excluding diaryl/α,β-unsaturated/α-hetero) is 1. The highest BCUT2D eigenvalue weighted by Crippen LogP contribution is 2.24. The van der Waals surface area contributed by atoms with Gasteiger partial charge in [-0.05, 0) is 29.8 Å². The molecule has 1 aromatic rings. The van der Waals surface area contributed by atoms with Crippen LogP contribution in [-0.2, 0) is 17.8 Å². The van der Waals surface area contributed by atoms with Crippen molar-refractivity contribution in [3.8, 4) is 0 Å². The van der Waals surface area contributed by atoms with Gasteiger partial charge in [-0.15, -0.1) is 0 Å². The molecule has 0 bridgehead atoms. The monoisotopic (exact) mass is 299 g/mol. The molecule has 17 heavy (non-hydrogen) atoms. The minimum Gasteiger partial charge on any atom is -0.316 e. The highest BCUT2D eigenvalue weighted by Gasteiger charge is 2.25. The molecule has 0 saturated carbocycles. The summed E-state index contributed by atoms with van der Waals surface area (Å²) in [5.41, 5.74) is 2.14. The molecule has 0 amide bonds. The van der Waals surface area contributed by atoms with E-state index < -0.39 is 0 Å². The van der Waals surface area contributed by atoms with Crippen molar-refractivity contribution in [1.29, 1.82) is 0 Å². The smallest absolute Gasteiger partial charge is 0.138 e. The molecule has 1 aromatic heterocycles. The van der Waals surface area contributed by atoms with Crippen LogP contribution in [0.3, 0.4) is 0 Å². The van der Waals surface area contributed by atoms with Crippen LogP contribution in [0.2, 0.25) is 0 Å². The van der Waals surface area contributed by atoms with Crippen molar-refractivity contribution in [2.75, 3.05) is 13.1 Å². The molecule has 1 N–H and O–H groups in total. The van der Waals surface area contributed by atoms with Crippen molar-refractivity contribution >= 4 is 21.7 Å². The minimum absolute atomic E-state index is 0.0986. The molecule has 94 valence electrons. The Morgan fingerprint density at radius 1 is 1.59 bits per heavy atom. The molecule has 1 unspecified atom stereocenters. The van der Waals surface area contributed by atoms with Crippen LogP contribution in [0.5, 0.6) is 0 Å². The Morgan fingerprint density at radius 2 is 2.35 bits per heavy atom. The molecule has 0 spiro atoms. The van der Waals surface area contributed by atoms with Gasteiger partial charge in [0.2, 0.25) is 0 Å². The van der Waals surface area contributed by atoms with E-state index in [4.69, 9.17) is 0 Å². The number of carbonyl (C=O) groups excluding carboxylic acids is 1. The van der Waals surface area contributed by atoms with Gasteiger partial charge in [-0.25, -0.2) is 0 Å². The van der Waals surface area contributed by atoms with E-state index in [-0.39, 0.29) is 5.92 Å². The molecule has 2 rings (SSSR count). The normalized spacial score (nSPS) is 20.9. The van der Waals surface area contributed by atoms with Crippen LogP contribution in [0.4, 0.5) is 0 Å². The average Bonchev–Trinajstić information content (AvgIpc) is 2.59. The summed E-state index contributed by atoms with van der Waals surface area (Å²) in [6.45, 7) is 6.52. The molecule has 1 atom stereocenters. The van der Waals surface area contributed by atoms with Crippen LogP contribution in [0.1, 0.15) is 24.7 Å². The lowest BCUT2D eigenvalue weighted by atomic mass is 9.93. The van der Waals surface area contributed by atoms with Gasteiger partial charge < -0.3 is 5.32 Å². The van der Waals surface area contributed by atoms with Crippen molar-refractivity contribution in [3.63, 3.8) is 0 Å². The summed E-state index contributed by atoms with van der Waals surface area (Å²) in [4.78, 5) is 11.8. The third-order valence-electron chi connectivity index (χ3n) is 3.29. The molecule has 5 heteroatoms. The standard InChI is InChI=1S/C12H18BrN3O/c1-3-16-10(12(13)8(2)15-16)6-9-7-14-5-4-11(9)17/h9,14H,3-7H2,1-2H3. The molecule has 2 heterocycles. The maximum absolute atomic E-state index is 11.8. The fraction of sp³-hybridized carbons (Fsp3) is 0.667. The quantitative estimate of drug-likeness (QED) is 0.924. The summed E-state index contributed by atoms with van der Waals surface area (Å²) in [7, 11) is 0. The Morgan fingerprint density at radius 3 is 3.00 bits per heavy atom. The molecular formula is C12H18BrN3O. The SMILES string of the molecule is CCn1nc(C)c(Br)c1CC1CNCCC1=O. The molecule has 1 saturated heterocycles. The van der Waals surface area contributed by atoms with Crippen molar-refractivity contribution in [3.05, 3.63) is 15.9 Å². The first-order chi connectivity index (χ1) is 8.13. The maximum Gasteiger partial charge on any atom is 0.138 e. The fourth-order valence-electron chi connectivity index (χ4n) is 2.29. The lowest BCUT2D eigenvalue weighted by Gasteiger charge is -2.21.